The van der Waals surface area contributed by atoms with E-state index in [0.29, 0.717) is 6.54 Å². The van der Waals surface area contributed by atoms with E-state index in [1.165, 1.54) is 30.3 Å². The number of anilines is 1. The van der Waals surface area contributed by atoms with Gasteiger partial charge in [0, 0.05) is 6.54 Å². The number of halogens is 2. The first-order chi connectivity index (χ1) is 9.94. The van der Waals surface area contributed by atoms with Gasteiger partial charge < -0.3 is 5.32 Å². The van der Waals surface area contributed by atoms with E-state index in [4.69, 9.17) is 11.6 Å². The van der Waals surface area contributed by atoms with E-state index in [0.717, 1.165) is 5.56 Å². The van der Waals surface area contributed by atoms with Gasteiger partial charge in [-0.3, -0.25) is 4.72 Å². The summed E-state index contributed by atoms with van der Waals surface area (Å²) in [6.07, 6.45) is 0. The maximum Gasteiger partial charge on any atom is 0.263 e. The monoisotopic (exact) mass is 328 g/mol. The molecule has 0 aliphatic rings. The Bertz CT molecular complexity index is 750. The van der Waals surface area contributed by atoms with Gasteiger partial charge >= 0.3 is 0 Å². The van der Waals surface area contributed by atoms with Crippen molar-refractivity contribution in [2.75, 3.05) is 11.8 Å². The lowest BCUT2D eigenvalue weighted by molar-refractivity contribution is 0.598. The zero-order valence-corrected chi connectivity index (χ0v) is 12.8. The SMILES string of the molecule is CNCc1ccc(Cl)c(S(=O)(=O)Nc2ccccc2F)c1. The van der Waals surface area contributed by atoms with Crippen LogP contribution < -0.4 is 10.0 Å². The van der Waals surface area contributed by atoms with E-state index in [2.05, 4.69) is 10.0 Å². The fourth-order valence-corrected chi connectivity index (χ4v) is 3.43. The minimum Gasteiger partial charge on any atom is -0.316 e. The fraction of sp³-hybridized carbons (Fsp3) is 0.143. The smallest absolute Gasteiger partial charge is 0.263 e. The van der Waals surface area contributed by atoms with Crippen LogP contribution in [0.15, 0.2) is 47.4 Å². The molecule has 0 saturated heterocycles. The lowest BCUT2D eigenvalue weighted by Gasteiger charge is -2.11. The molecule has 2 N–H and O–H groups in total. The molecule has 7 heteroatoms. The number of hydrogen-bond acceptors (Lipinski definition) is 3. The van der Waals surface area contributed by atoms with Gasteiger partial charge in [-0.25, -0.2) is 12.8 Å². The minimum atomic E-state index is -3.96. The third-order valence-corrected chi connectivity index (χ3v) is 4.63. The number of benzene rings is 2. The number of rotatable bonds is 5. The highest BCUT2D eigenvalue weighted by atomic mass is 35.5. The Morgan fingerprint density at radius 3 is 2.57 bits per heavy atom. The van der Waals surface area contributed by atoms with Crippen molar-refractivity contribution in [1.82, 2.24) is 5.32 Å². The molecule has 2 rings (SSSR count). The molecule has 0 saturated carbocycles. The van der Waals surface area contributed by atoms with Gasteiger partial charge in [0.15, 0.2) is 0 Å². The largest absolute Gasteiger partial charge is 0.316 e. The summed E-state index contributed by atoms with van der Waals surface area (Å²) in [5, 5.41) is 3.00. The first kappa shape index (κ1) is 15.8. The molecular weight excluding hydrogens is 315 g/mol. The molecule has 0 aromatic heterocycles. The van der Waals surface area contributed by atoms with E-state index >= 15 is 0 Å². The molecule has 0 spiro atoms. The summed E-state index contributed by atoms with van der Waals surface area (Å²) in [5.41, 5.74) is 0.642. The highest BCUT2D eigenvalue weighted by molar-refractivity contribution is 7.92. The maximum atomic E-state index is 13.6. The summed E-state index contributed by atoms with van der Waals surface area (Å²) < 4.78 is 40.5. The second kappa shape index (κ2) is 6.43. The quantitative estimate of drug-likeness (QED) is 0.887. The highest BCUT2D eigenvalue weighted by Gasteiger charge is 2.20. The van der Waals surface area contributed by atoms with Crippen LogP contribution in [0.5, 0.6) is 0 Å². The molecular formula is C14H14ClFN2O2S. The summed E-state index contributed by atoms with van der Waals surface area (Å²) in [5.74, 6) is -0.649. The molecule has 0 amide bonds. The summed E-state index contributed by atoms with van der Waals surface area (Å²) in [6, 6.07) is 10.2. The molecule has 0 bridgehead atoms. The second-order valence-corrected chi connectivity index (χ2v) is 6.44. The molecule has 0 radical (unpaired) electrons. The van der Waals surface area contributed by atoms with Crippen LogP contribution in [0.2, 0.25) is 5.02 Å². The van der Waals surface area contributed by atoms with E-state index in [1.807, 2.05) is 0 Å². The van der Waals surface area contributed by atoms with E-state index < -0.39 is 15.8 Å². The van der Waals surface area contributed by atoms with Gasteiger partial charge in [0.2, 0.25) is 0 Å². The van der Waals surface area contributed by atoms with Gasteiger partial charge in [-0.15, -0.1) is 0 Å². The minimum absolute atomic E-state index is 0.0821. The summed E-state index contributed by atoms with van der Waals surface area (Å²) >= 11 is 5.95. The average Bonchev–Trinajstić information content (AvgIpc) is 2.43. The Morgan fingerprint density at radius 1 is 1.19 bits per heavy atom. The van der Waals surface area contributed by atoms with Crippen molar-refractivity contribution >= 4 is 27.3 Å². The molecule has 21 heavy (non-hydrogen) atoms. The van der Waals surface area contributed by atoms with Crippen molar-refractivity contribution in [1.29, 1.82) is 0 Å². The Balaban J connectivity index is 2.40. The Labute approximate surface area is 128 Å². The van der Waals surface area contributed by atoms with Crippen molar-refractivity contribution in [2.24, 2.45) is 0 Å². The third kappa shape index (κ3) is 3.72. The van der Waals surface area contributed by atoms with Crippen LogP contribution in [0.25, 0.3) is 0 Å². The highest BCUT2D eigenvalue weighted by Crippen LogP contribution is 2.25. The van der Waals surface area contributed by atoms with Gasteiger partial charge in [-0.1, -0.05) is 29.8 Å². The van der Waals surface area contributed by atoms with Gasteiger partial charge in [0.05, 0.1) is 10.7 Å². The number of para-hydroxylation sites is 1. The van der Waals surface area contributed by atoms with Gasteiger partial charge in [0.25, 0.3) is 10.0 Å². The molecule has 4 nitrogen and oxygen atoms in total. The molecule has 0 heterocycles. The number of hydrogen-bond donors (Lipinski definition) is 2. The fourth-order valence-electron chi connectivity index (χ4n) is 1.81. The van der Waals surface area contributed by atoms with Crippen LogP contribution in [0, 0.1) is 5.82 Å². The molecule has 0 fully saturated rings. The normalized spacial score (nSPS) is 11.4. The second-order valence-electron chi connectivity index (χ2n) is 4.38. The van der Waals surface area contributed by atoms with Gasteiger partial charge in [0.1, 0.15) is 10.7 Å². The predicted molar refractivity (Wildman–Crippen MR) is 81.4 cm³/mol. The van der Waals surface area contributed by atoms with Crippen LogP contribution in [-0.4, -0.2) is 15.5 Å². The van der Waals surface area contributed by atoms with Crippen LogP contribution in [0.3, 0.4) is 0 Å². The van der Waals surface area contributed by atoms with E-state index in [9.17, 15) is 12.8 Å². The summed E-state index contributed by atoms with van der Waals surface area (Å²) in [7, 11) is -2.21. The number of nitrogens with one attached hydrogen (secondary N) is 2. The number of sulfonamides is 1. The van der Waals surface area contributed by atoms with E-state index in [-0.39, 0.29) is 15.6 Å². The van der Waals surface area contributed by atoms with Crippen LogP contribution in [-0.2, 0) is 16.6 Å². The van der Waals surface area contributed by atoms with Crippen molar-refractivity contribution in [3.63, 3.8) is 0 Å². The van der Waals surface area contributed by atoms with Gasteiger partial charge in [-0.05, 0) is 36.9 Å². The maximum absolute atomic E-state index is 13.6. The molecule has 0 aliphatic carbocycles. The summed E-state index contributed by atoms with van der Waals surface area (Å²) in [4.78, 5) is -0.0832. The zero-order valence-electron chi connectivity index (χ0n) is 11.2. The van der Waals surface area contributed by atoms with Crippen molar-refractivity contribution in [2.45, 2.75) is 11.4 Å². The average molecular weight is 329 g/mol. The van der Waals surface area contributed by atoms with Crippen LogP contribution in [0.4, 0.5) is 10.1 Å². The molecule has 112 valence electrons. The van der Waals surface area contributed by atoms with Crippen molar-refractivity contribution in [3.8, 4) is 0 Å². The zero-order chi connectivity index (χ0) is 15.5. The Hall–Kier alpha value is -1.63. The Kier molecular flexibility index (Phi) is 4.82. The Morgan fingerprint density at radius 2 is 1.90 bits per heavy atom. The first-order valence-electron chi connectivity index (χ1n) is 6.14. The van der Waals surface area contributed by atoms with E-state index in [1.54, 1.807) is 19.2 Å². The van der Waals surface area contributed by atoms with Crippen LogP contribution >= 0.6 is 11.6 Å². The lowest BCUT2D eigenvalue weighted by atomic mass is 10.2. The third-order valence-electron chi connectivity index (χ3n) is 2.78. The summed E-state index contributed by atoms with van der Waals surface area (Å²) in [6.45, 7) is 0.499. The molecule has 0 atom stereocenters. The first-order valence-corrected chi connectivity index (χ1v) is 8.00. The van der Waals surface area contributed by atoms with Crippen molar-refractivity contribution < 1.29 is 12.8 Å². The predicted octanol–water partition coefficient (Wildman–Crippen LogP) is 3.00. The van der Waals surface area contributed by atoms with Crippen molar-refractivity contribution in [3.05, 3.63) is 58.9 Å². The standard InChI is InChI=1S/C14H14ClFN2O2S/c1-17-9-10-6-7-11(15)14(8-10)21(19,20)18-13-5-3-2-4-12(13)16/h2-8,17-18H,9H2,1H3. The van der Waals surface area contributed by atoms with Gasteiger partial charge in [-0.2, -0.15) is 0 Å². The lowest BCUT2D eigenvalue weighted by Crippen LogP contribution is -2.15. The molecule has 0 unspecified atom stereocenters. The molecule has 2 aromatic rings. The molecule has 2 aromatic carbocycles. The van der Waals surface area contributed by atoms with Crippen LogP contribution in [0.1, 0.15) is 5.56 Å². The topological polar surface area (TPSA) is 58.2 Å². The molecule has 0 aliphatic heterocycles.